The van der Waals surface area contributed by atoms with Gasteiger partial charge < -0.3 is 15.7 Å². The van der Waals surface area contributed by atoms with Crippen LogP contribution in [-0.4, -0.2) is 67.1 Å². The zero-order chi connectivity index (χ0) is 20.5. The molecule has 3 rings (SSSR count). The molecule has 0 bridgehead atoms. The van der Waals surface area contributed by atoms with Gasteiger partial charge in [0.2, 0.25) is 10.0 Å². The van der Waals surface area contributed by atoms with Gasteiger partial charge in [-0.2, -0.15) is 0 Å². The second-order valence-electron chi connectivity index (χ2n) is 6.47. The van der Waals surface area contributed by atoms with Crippen LogP contribution in [0.1, 0.15) is 0 Å². The molecule has 28 heavy (non-hydrogen) atoms. The number of aliphatic hydroxyl groups is 1. The van der Waals surface area contributed by atoms with Crippen molar-refractivity contribution in [3.8, 4) is 11.1 Å². The van der Waals surface area contributed by atoms with E-state index in [4.69, 9.17) is 10.8 Å². The van der Waals surface area contributed by atoms with Gasteiger partial charge in [-0.25, -0.2) is 22.7 Å². The van der Waals surface area contributed by atoms with E-state index in [0.29, 0.717) is 29.0 Å². The first-order chi connectivity index (χ1) is 13.2. The normalized spacial score (nSPS) is 11.9. The monoisotopic (exact) mass is 402 g/mol. The fraction of sp³-hybridized carbons (Fsp3) is 0.278. The summed E-state index contributed by atoms with van der Waals surface area (Å²) >= 11 is 0. The van der Waals surface area contributed by atoms with E-state index in [1.54, 1.807) is 11.1 Å². The summed E-state index contributed by atoms with van der Waals surface area (Å²) in [6.07, 6.45) is 3.17. The van der Waals surface area contributed by atoms with Crippen LogP contribution in [-0.2, 0) is 10.0 Å². The van der Waals surface area contributed by atoms with Crippen LogP contribution in [0.15, 0.2) is 41.6 Å². The lowest BCUT2D eigenvalue weighted by molar-refractivity contribution is 0.304. The number of nitrogens with two attached hydrogens (primary N) is 1. The first kappa shape index (κ1) is 19.9. The highest BCUT2D eigenvalue weighted by molar-refractivity contribution is 7.89. The van der Waals surface area contributed by atoms with Crippen LogP contribution >= 0.6 is 0 Å². The molecule has 0 radical (unpaired) electrons. The number of nitrogen functional groups attached to an aromatic ring is 1. The molecule has 0 aliphatic rings. The van der Waals surface area contributed by atoms with Crippen molar-refractivity contribution in [1.29, 1.82) is 0 Å². The van der Waals surface area contributed by atoms with Gasteiger partial charge in [-0.1, -0.05) is 6.07 Å². The van der Waals surface area contributed by atoms with E-state index in [-0.39, 0.29) is 17.3 Å². The number of aromatic nitrogens is 3. The number of rotatable bonds is 6. The summed E-state index contributed by atoms with van der Waals surface area (Å²) in [5.41, 5.74) is 8.49. The number of pyridine rings is 1. The lowest BCUT2D eigenvalue weighted by Gasteiger charge is -2.16. The summed E-state index contributed by atoms with van der Waals surface area (Å²) in [6.45, 7) is 0.448. The van der Waals surface area contributed by atoms with E-state index in [1.807, 2.05) is 25.2 Å². The topological polar surface area (TPSA) is 126 Å². The Labute approximate surface area is 163 Å². The molecular weight excluding hydrogens is 380 g/mol. The van der Waals surface area contributed by atoms with Crippen molar-refractivity contribution in [1.82, 2.24) is 19.3 Å². The summed E-state index contributed by atoms with van der Waals surface area (Å²) < 4.78 is 26.1. The summed E-state index contributed by atoms with van der Waals surface area (Å²) in [5.74, 6) is 0.580. The van der Waals surface area contributed by atoms with Crippen molar-refractivity contribution in [2.45, 2.75) is 4.90 Å². The maximum absolute atomic E-state index is 12.5. The number of benzene rings is 1. The molecular formula is C18H22N6O3S. The molecule has 3 N–H and O–H groups in total. The van der Waals surface area contributed by atoms with Gasteiger partial charge in [-0.3, -0.25) is 4.98 Å². The molecule has 10 heteroatoms. The van der Waals surface area contributed by atoms with E-state index < -0.39 is 10.0 Å². The molecule has 0 unspecified atom stereocenters. The lowest BCUT2D eigenvalue weighted by Crippen LogP contribution is -2.23. The SMILES string of the molecule is CN(CCO)c1cnc2ccc(-c3cnc(N)c(S(=O)(=O)N(C)C)c3)cc2n1. The van der Waals surface area contributed by atoms with Gasteiger partial charge in [0.25, 0.3) is 0 Å². The zero-order valence-corrected chi connectivity index (χ0v) is 16.7. The molecule has 0 fully saturated rings. The van der Waals surface area contributed by atoms with E-state index >= 15 is 0 Å². The molecule has 1 aromatic carbocycles. The smallest absolute Gasteiger partial charge is 0.246 e. The quantitative estimate of drug-likeness (QED) is 0.624. The first-order valence-electron chi connectivity index (χ1n) is 8.51. The average Bonchev–Trinajstić information content (AvgIpc) is 2.67. The van der Waals surface area contributed by atoms with Gasteiger partial charge in [-0.05, 0) is 23.8 Å². The molecule has 2 heterocycles. The third kappa shape index (κ3) is 3.75. The Bertz CT molecular complexity index is 1120. The summed E-state index contributed by atoms with van der Waals surface area (Å²) in [4.78, 5) is 14.8. The van der Waals surface area contributed by atoms with Crippen molar-refractivity contribution < 1.29 is 13.5 Å². The van der Waals surface area contributed by atoms with Gasteiger partial charge in [-0.15, -0.1) is 0 Å². The molecule has 0 spiro atoms. The van der Waals surface area contributed by atoms with Crippen LogP contribution in [0.25, 0.3) is 22.2 Å². The van der Waals surface area contributed by atoms with Gasteiger partial charge >= 0.3 is 0 Å². The van der Waals surface area contributed by atoms with E-state index in [2.05, 4.69) is 15.0 Å². The minimum absolute atomic E-state index is 0.0104. The third-order valence-corrected chi connectivity index (χ3v) is 6.17. The maximum Gasteiger partial charge on any atom is 0.246 e. The van der Waals surface area contributed by atoms with Gasteiger partial charge in [0.1, 0.15) is 16.5 Å². The number of sulfonamides is 1. The lowest BCUT2D eigenvalue weighted by atomic mass is 10.1. The summed E-state index contributed by atoms with van der Waals surface area (Å²) in [7, 11) is 0.984. The predicted molar refractivity (Wildman–Crippen MR) is 108 cm³/mol. The van der Waals surface area contributed by atoms with E-state index in [0.717, 1.165) is 9.87 Å². The van der Waals surface area contributed by atoms with Crippen molar-refractivity contribution in [2.24, 2.45) is 0 Å². The number of fused-ring (bicyclic) bond motifs is 1. The largest absolute Gasteiger partial charge is 0.395 e. The molecule has 148 valence electrons. The Balaban J connectivity index is 2.09. The molecule has 0 saturated carbocycles. The fourth-order valence-corrected chi connectivity index (χ4v) is 3.63. The number of anilines is 2. The first-order valence-corrected chi connectivity index (χ1v) is 9.95. The maximum atomic E-state index is 12.5. The molecule has 0 atom stereocenters. The van der Waals surface area contributed by atoms with Crippen LogP contribution in [0.4, 0.5) is 11.6 Å². The highest BCUT2D eigenvalue weighted by atomic mass is 32.2. The molecule has 3 aromatic rings. The molecule has 0 saturated heterocycles. The number of likely N-dealkylation sites (N-methyl/N-ethyl adjacent to an activating group) is 1. The number of nitrogens with zero attached hydrogens (tertiary/aromatic N) is 5. The Kier molecular flexibility index (Phi) is 5.45. The van der Waals surface area contributed by atoms with Crippen LogP contribution in [0.5, 0.6) is 0 Å². The fourth-order valence-electron chi connectivity index (χ4n) is 2.65. The molecule has 0 amide bonds. The summed E-state index contributed by atoms with van der Waals surface area (Å²) in [6, 6.07) is 6.96. The summed E-state index contributed by atoms with van der Waals surface area (Å²) in [5, 5.41) is 9.10. The van der Waals surface area contributed by atoms with Crippen molar-refractivity contribution in [3.05, 3.63) is 36.7 Å². The molecule has 2 aromatic heterocycles. The molecule has 0 aliphatic heterocycles. The molecule has 0 aliphatic carbocycles. The second-order valence-corrected chi connectivity index (χ2v) is 8.59. The number of aliphatic hydroxyl groups excluding tert-OH is 1. The van der Waals surface area contributed by atoms with Crippen molar-refractivity contribution in [2.75, 3.05) is 44.9 Å². The van der Waals surface area contributed by atoms with Crippen LogP contribution < -0.4 is 10.6 Å². The van der Waals surface area contributed by atoms with Crippen molar-refractivity contribution in [3.63, 3.8) is 0 Å². The van der Waals surface area contributed by atoms with Gasteiger partial charge in [0.05, 0.1) is 23.8 Å². The van der Waals surface area contributed by atoms with Crippen LogP contribution in [0.3, 0.4) is 0 Å². The number of hydrogen-bond donors (Lipinski definition) is 2. The standard InChI is InChI=1S/C18H22N6O3S/c1-23(2)28(26,27)16-9-13(10-21-18(16)19)12-4-5-14-15(8-12)22-17(11-20-14)24(3)6-7-25/h4-5,8-11,25H,6-7H2,1-3H3,(H2,19,21). The highest BCUT2D eigenvalue weighted by Gasteiger charge is 2.22. The molecule has 9 nitrogen and oxygen atoms in total. The predicted octanol–water partition coefficient (Wildman–Crippen LogP) is 0.953. The second kappa shape index (κ2) is 7.66. The van der Waals surface area contributed by atoms with Gasteiger partial charge in [0, 0.05) is 39.4 Å². The van der Waals surface area contributed by atoms with Crippen LogP contribution in [0, 0.1) is 0 Å². The van der Waals surface area contributed by atoms with Crippen molar-refractivity contribution >= 4 is 32.7 Å². The average molecular weight is 402 g/mol. The highest BCUT2D eigenvalue weighted by Crippen LogP contribution is 2.28. The van der Waals surface area contributed by atoms with E-state index in [1.165, 1.54) is 26.4 Å². The Morgan fingerprint density at radius 3 is 2.46 bits per heavy atom. The third-order valence-electron chi connectivity index (χ3n) is 4.33. The Morgan fingerprint density at radius 1 is 1.04 bits per heavy atom. The van der Waals surface area contributed by atoms with Crippen LogP contribution in [0.2, 0.25) is 0 Å². The zero-order valence-electron chi connectivity index (χ0n) is 15.9. The van der Waals surface area contributed by atoms with E-state index in [9.17, 15) is 8.42 Å². The minimum atomic E-state index is -3.72. The number of hydrogen-bond acceptors (Lipinski definition) is 8. The minimum Gasteiger partial charge on any atom is -0.395 e. The van der Waals surface area contributed by atoms with Gasteiger partial charge in [0.15, 0.2) is 0 Å². The Hall–Kier alpha value is -2.82. The Morgan fingerprint density at radius 2 is 1.79 bits per heavy atom.